The van der Waals surface area contributed by atoms with Crippen LogP contribution in [0, 0.1) is 11.6 Å². The molecular weight excluding hydrogens is 609 g/mol. The number of nitrogens with zero attached hydrogens (tertiary/aromatic N) is 2. The summed E-state index contributed by atoms with van der Waals surface area (Å²) in [6.07, 6.45) is -3.17. The van der Waals surface area contributed by atoms with Crippen LogP contribution in [0.4, 0.5) is 8.78 Å². The summed E-state index contributed by atoms with van der Waals surface area (Å²) < 4.78 is 60.2. The van der Waals surface area contributed by atoms with E-state index < -0.39 is 46.3 Å². The van der Waals surface area contributed by atoms with Crippen molar-refractivity contribution in [2.24, 2.45) is 0 Å². The van der Waals surface area contributed by atoms with Gasteiger partial charge in [0.1, 0.15) is 16.5 Å². The monoisotopic (exact) mass is 644 g/mol. The molecule has 2 N–H and O–H groups in total. The zero-order chi connectivity index (χ0) is 30.6. The zero-order valence-corrected chi connectivity index (χ0v) is 28.1. The number of carboxylic acid groups (broad SMARTS) is 1. The fraction of sp³-hybridized carbons (Fsp3) is 0.433. The summed E-state index contributed by atoms with van der Waals surface area (Å²) in [7, 11) is -4.06. The largest absolute Gasteiger partial charge is 1.00 e. The Labute approximate surface area is 277 Å². The van der Waals surface area contributed by atoms with Crippen LogP contribution in [0.3, 0.4) is 0 Å². The molecule has 8 nitrogen and oxygen atoms in total. The Morgan fingerprint density at radius 1 is 0.953 bits per heavy atom. The van der Waals surface area contributed by atoms with Gasteiger partial charge in [-0.15, -0.1) is 0 Å². The van der Waals surface area contributed by atoms with Crippen LogP contribution >= 0.6 is 11.8 Å². The summed E-state index contributed by atoms with van der Waals surface area (Å²) in [5, 5.41) is 31.6. The zero-order valence-electron chi connectivity index (χ0n) is 24.5. The first-order chi connectivity index (χ1) is 19.9. The van der Waals surface area contributed by atoms with Crippen molar-refractivity contribution < 1.29 is 66.9 Å². The molecule has 13 heteroatoms. The number of rotatable bonds is 12. The van der Waals surface area contributed by atoms with Crippen molar-refractivity contribution in [2.75, 3.05) is 24.6 Å². The number of hydrogen-bond donors (Lipinski definition) is 2. The van der Waals surface area contributed by atoms with Gasteiger partial charge >= 0.3 is 29.6 Å². The molecule has 0 aliphatic carbocycles. The molecule has 2 atom stereocenters. The van der Waals surface area contributed by atoms with Gasteiger partial charge in [-0.3, -0.25) is 0 Å². The van der Waals surface area contributed by atoms with Crippen molar-refractivity contribution in [3.05, 3.63) is 65.9 Å². The maximum atomic E-state index is 14.4. The van der Waals surface area contributed by atoms with Gasteiger partial charge in [0.15, 0.2) is 0 Å². The van der Waals surface area contributed by atoms with Crippen LogP contribution < -0.4 is 34.7 Å². The van der Waals surface area contributed by atoms with Crippen LogP contribution in [0.15, 0.2) is 53.4 Å². The van der Waals surface area contributed by atoms with Crippen molar-refractivity contribution in [1.29, 1.82) is 0 Å². The number of aromatic nitrogens is 1. The summed E-state index contributed by atoms with van der Waals surface area (Å²) in [5.41, 5.74) is 2.30. The number of halogens is 2. The van der Waals surface area contributed by atoms with Gasteiger partial charge in [0.05, 0.1) is 17.9 Å². The average molecular weight is 645 g/mol. The molecular formula is C30H35F2N2NaO6S2. The molecule has 1 fully saturated rings. The average Bonchev–Trinajstić information content (AvgIpc) is 3.29. The van der Waals surface area contributed by atoms with Crippen molar-refractivity contribution in [1.82, 2.24) is 8.87 Å². The molecule has 1 aliphatic heterocycles. The number of aliphatic hydroxyl groups is 2. The van der Waals surface area contributed by atoms with E-state index in [2.05, 4.69) is 0 Å². The molecule has 3 aromatic rings. The second kappa shape index (κ2) is 15.5. The van der Waals surface area contributed by atoms with E-state index in [4.69, 9.17) is 0 Å². The first kappa shape index (κ1) is 35.7. The SMILES string of the molecule is CC(C)c1c(S(=O)(=O)N2CCSCC2)c(-c2ccc(F)cc2)c(-c2ccc(F)cc2)n1CC[C@@H](O)C[C@@H](O)CC(=O)[O-].[Na+]. The summed E-state index contributed by atoms with van der Waals surface area (Å²) in [6, 6.07) is 11.2. The van der Waals surface area contributed by atoms with Gasteiger partial charge in [-0.1, -0.05) is 26.0 Å². The van der Waals surface area contributed by atoms with E-state index in [-0.39, 0.29) is 59.8 Å². The van der Waals surface area contributed by atoms with Gasteiger partial charge in [0.25, 0.3) is 0 Å². The Kier molecular flexibility index (Phi) is 12.9. The first-order valence-electron chi connectivity index (χ1n) is 13.8. The second-order valence-electron chi connectivity index (χ2n) is 10.7. The number of carboxylic acids is 1. The fourth-order valence-corrected chi connectivity index (χ4v) is 8.51. The minimum Gasteiger partial charge on any atom is -0.550 e. The van der Waals surface area contributed by atoms with Gasteiger partial charge in [0, 0.05) is 54.8 Å². The predicted molar refractivity (Wildman–Crippen MR) is 156 cm³/mol. The summed E-state index contributed by atoms with van der Waals surface area (Å²) in [5.74, 6) is -1.41. The molecule has 0 saturated carbocycles. The van der Waals surface area contributed by atoms with Crippen LogP contribution in [0.1, 0.15) is 44.7 Å². The second-order valence-corrected chi connectivity index (χ2v) is 13.8. The number of benzene rings is 2. The van der Waals surface area contributed by atoms with Crippen molar-refractivity contribution >= 4 is 27.8 Å². The van der Waals surface area contributed by atoms with Crippen LogP contribution in [0.25, 0.3) is 22.4 Å². The number of carbonyl (C=O) groups excluding carboxylic acids is 1. The van der Waals surface area contributed by atoms with Crippen LogP contribution in [0.2, 0.25) is 0 Å². The van der Waals surface area contributed by atoms with Gasteiger partial charge < -0.3 is 24.7 Å². The van der Waals surface area contributed by atoms with E-state index in [1.807, 2.05) is 13.8 Å². The molecule has 228 valence electrons. The van der Waals surface area contributed by atoms with Crippen LogP contribution in [0.5, 0.6) is 0 Å². The summed E-state index contributed by atoms with van der Waals surface area (Å²) in [6.45, 7) is 4.50. The predicted octanol–water partition coefficient (Wildman–Crippen LogP) is 0.607. The quantitative estimate of drug-likeness (QED) is 0.277. The molecule has 1 aromatic heterocycles. The molecule has 2 aromatic carbocycles. The number of carbonyl (C=O) groups is 1. The molecule has 1 aliphatic rings. The first-order valence-corrected chi connectivity index (χ1v) is 16.4. The minimum atomic E-state index is -4.06. The maximum absolute atomic E-state index is 14.4. The third kappa shape index (κ3) is 8.49. The van der Waals surface area contributed by atoms with E-state index in [0.29, 0.717) is 52.7 Å². The smallest absolute Gasteiger partial charge is 0.550 e. The number of thioether (sulfide) groups is 1. The normalized spacial score (nSPS) is 15.7. The van der Waals surface area contributed by atoms with E-state index in [1.165, 1.54) is 40.7 Å². The Bertz CT molecular complexity index is 1490. The fourth-order valence-electron chi connectivity index (χ4n) is 5.37. The summed E-state index contributed by atoms with van der Waals surface area (Å²) >= 11 is 1.67. The van der Waals surface area contributed by atoms with E-state index in [0.717, 1.165) is 0 Å². The Morgan fingerprint density at radius 3 is 2.00 bits per heavy atom. The van der Waals surface area contributed by atoms with Crippen LogP contribution in [-0.2, 0) is 21.4 Å². The van der Waals surface area contributed by atoms with Crippen molar-refractivity contribution in [2.45, 2.75) is 62.7 Å². The van der Waals surface area contributed by atoms with Crippen molar-refractivity contribution in [3.63, 3.8) is 0 Å². The summed E-state index contributed by atoms with van der Waals surface area (Å²) in [4.78, 5) is 11.0. The Morgan fingerprint density at radius 2 is 1.49 bits per heavy atom. The van der Waals surface area contributed by atoms with Crippen molar-refractivity contribution in [3.8, 4) is 22.4 Å². The van der Waals surface area contributed by atoms with Crippen LogP contribution in [-0.4, -0.2) is 70.3 Å². The topological polar surface area (TPSA) is 123 Å². The molecule has 0 unspecified atom stereocenters. The third-order valence-electron chi connectivity index (χ3n) is 7.25. The van der Waals surface area contributed by atoms with Gasteiger partial charge in [-0.05, 0) is 66.3 Å². The van der Waals surface area contributed by atoms with E-state index in [9.17, 15) is 37.3 Å². The number of sulfonamides is 1. The molecule has 4 rings (SSSR count). The van der Waals surface area contributed by atoms with E-state index >= 15 is 0 Å². The molecule has 0 amide bonds. The number of aliphatic carboxylic acids is 1. The molecule has 0 bridgehead atoms. The Hall–Kier alpha value is -1.77. The molecule has 0 radical (unpaired) electrons. The maximum Gasteiger partial charge on any atom is 1.00 e. The van der Waals surface area contributed by atoms with Gasteiger partial charge in [-0.25, -0.2) is 17.2 Å². The Balaban J connectivity index is 0.00000506. The molecule has 1 saturated heterocycles. The standard InChI is InChI=1S/C30H36F2N2O6S2.Na/c1-19(2)28-30(42(39,40)33-13-15-41-16-14-33)27(20-3-7-22(31)8-4-20)29(21-5-9-23(32)10-6-21)34(28)12-11-24(35)17-25(36)18-26(37)38;/h3-10,19,24-25,35-36H,11-18H2,1-2H3,(H,37,38);/q;+1/p-1/t24-,25-;/m1./s1. The number of aliphatic hydroxyl groups excluding tert-OH is 2. The molecule has 2 heterocycles. The van der Waals surface area contributed by atoms with E-state index in [1.54, 1.807) is 28.5 Å². The minimum absolute atomic E-state index is 0. The number of hydrogen-bond acceptors (Lipinski definition) is 7. The third-order valence-corrected chi connectivity index (χ3v) is 10.2. The van der Waals surface area contributed by atoms with Gasteiger partial charge in [-0.2, -0.15) is 16.1 Å². The van der Waals surface area contributed by atoms with Gasteiger partial charge in [0.2, 0.25) is 10.0 Å². The molecule has 0 spiro atoms. The molecule has 43 heavy (non-hydrogen) atoms.